The highest BCUT2D eigenvalue weighted by atomic mass is 16.2. The number of carbonyl (C=O) groups is 2. The Labute approximate surface area is 143 Å². The predicted octanol–water partition coefficient (Wildman–Crippen LogP) is 0.398. The Morgan fingerprint density at radius 3 is 2.54 bits per heavy atom. The largest absolute Gasteiger partial charge is 0.357 e. The fraction of sp³-hybridized carbons (Fsp3) is 0.588. The molecule has 1 aromatic rings. The molecule has 2 amide bonds. The van der Waals surface area contributed by atoms with Crippen molar-refractivity contribution in [2.45, 2.75) is 39.3 Å². The first-order valence-electron chi connectivity index (χ1n) is 8.47. The number of pyridine rings is 1. The minimum absolute atomic E-state index is 0.0354. The van der Waals surface area contributed by atoms with Crippen LogP contribution in [0.15, 0.2) is 18.3 Å². The minimum atomic E-state index is -0.597. The summed E-state index contributed by atoms with van der Waals surface area (Å²) in [6.07, 6.45) is 4.21. The van der Waals surface area contributed by atoms with Crippen LogP contribution in [0.4, 0.5) is 5.82 Å². The Hall–Kier alpha value is -2.15. The van der Waals surface area contributed by atoms with Crippen LogP contribution >= 0.6 is 0 Å². The van der Waals surface area contributed by atoms with Crippen molar-refractivity contribution in [1.29, 1.82) is 0 Å². The first-order valence-corrected chi connectivity index (χ1v) is 8.47. The van der Waals surface area contributed by atoms with E-state index in [4.69, 9.17) is 5.73 Å². The van der Waals surface area contributed by atoms with E-state index in [0.29, 0.717) is 6.54 Å². The van der Waals surface area contributed by atoms with Crippen LogP contribution in [0.25, 0.3) is 0 Å². The topological polar surface area (TPSA) is 100 Å². The van der Waals surface area contributed by atoms with Gasteiger partial charge >= 0.3 is 0 Å². The Bertz CT molecular complexity index is 553. The molecule has 2 rings (SSSR count). The summed E-state index contributed by atoms with van der Waals surface area (Å²) in [4.78, 5) is 30.2. The molecule has 0 aliphatic carbocycles. The lowest BCUT2D eigenvalue weighted by atomic mass is 10.1. The lowest BCUT2D eigenvalue weighted by Crippen LogP contribution is -2.47. The normalized spacial score (nSPS) is 15.4. The molecule has 0 spiro atoms. The second kappa shape index (κ2) is 8.63. The number of nitrogens with two attached hydrogens (primary N) is 1. The number of amides is 2. The molecule has 1 atom stereocenters. The van der Waals surface area contributed by atoms with Crippen molar-refractivity contribution in [3.8, 4) is 0 Å². The van der Waals surface area contributed by atoms with Crippen LogP contribution in [-0.4, -0.2) is 42.5 Å². The maximum Gasteiger partial charge on any atom is 0.239 e. The van der Waals surface area contributed by atoms with Gasteiger partial charge in [-0.1, -0.05) is 19.9 Å². The van der Waals surface area contributed by atoms with E-state index in [-0.39, 0.29) is 24.3 Å². The standard InChI is InChI=1S/C17H27N5O2/c1-12(2)16(18)17(24)21-11-15(23)20-10-13-5-6-14(19-9-13)22-7-3-4-8-22/h5-6,9,12,16H,3-4,7-8,10-11,18H2,1-2H3,(H,20,23)(H,21,24)/t16-/m0/s1. The van der Waals surface area contributed by atoms with Crippen LogP contribution in [0.3, 0.4) is 0 Å². The van der Waals surface area contributed by atoms with E-state index in [1.54, 1.807) is 6.20 Å². The van der Waals surface area contributed by atoms with Crippen molar-refractivity contribution in [2.75, 3.05) is 24.5 Å². The molecule has 1 saturated heterocycles. The highest BCUT2D eigenvalue weighted by Gasteiger charge is 2.17. The van der Waals surface area contributed by atoms with E-state index in [2.05, 4.69) is 20.5 Å². The number of carbonyl (C=O) groups excluding carboxylic acids is 2. The summed E-state index contributed by atoms with van der Waals surface area (Å²) in [5, 5.41) is 5.31. The molecule has 2 heterocycles. The van der Waals surface area contributed by atoms with Gasteiger partial charge in [-0.15, -0.1) is 0 Å². The fourth-order valence-electron chi connectivity index (χ4n) is 2.51. The fourth-order valence-corrected chi connectivity index (χ4v) is 2.51. The molecule has 0 bridgehead atoms. The number of hydrogen-bond acceptors (Lipinski definition) is 5. The van der Waals surface area contributed by atoms with Crippen LogP contribution in [0.1, 0.15) is 32.3 Å². The smallest absolute Gasteiger partial charge is 0.239 e. The molecule has 1 fully saturated rings. The number of anilines is 1. The molecule has 1 aliphatic rings. The molecule has 1 aromatic heterocycles. The second-order valence-electron chi connectivity index (χ2n) is 6.48. The third kappa shape index (κ3) is 5.19. The quantitative estimate of drug-likeness (QED) is 0.670. The zero-order valence-electron chi connectivity index (χ0n) is 14.4. The van der Waals surface area contributed by atoms with Gasteiger partial charge in [0.05, 0.1) is 12.6 Å². The van der Waals surface area contributed by atoms with Gasteiger partial charge in [0.1, 0.15) is 5.82 Å². The van der Waals surface area contributed by atoms with E-state index in [9.17, 15) is 9.59 Å². The molecule has 132 valence electrons. The van der Waals surface area contributed by atoms with Gasteiger partial charge in [0.25, 0.3) is 0 Å². The molecule has 24 heavy (non-hydrogen) atoms. The Kier molecular flexibility index (Phi) is 6.54. The highest BCUT2D eigenvalue weighted by Crippen LogP contribution is 2.17. The molecule has 0 aromatic carbocycles. The van der Waals surface area contributed by atoms with Crippen molar-refractivity contribution in [2.24, 2.45) is 11.7 Å². The summed E-state index contributed by atoms with van der Waals surface area (Å²) < 4.78 is 0. The number of nitrogens with zero attached hydrogens (tertiary/aromatic N) is 2. The van der Waals surface area contributed by atoms with E-state index in [0.717, 1.165) is 24.5 Å². The maximum atomic E-state index is 11.8. The van der Waals surface area contributed by atoms with Gasteiger partial charge in [-0.05, 0) is 30.4 Å². The molecule has 4 N–H and O–H groups in total. The summed E-state index contributed by atoms with van der Waals surface area (Å²) in [5.74, 6) is 0.463. The molecule has 0 radical (unpaired) electrons. The van der Waals surface area contributed by atoms with E-state index >= 15 is 0 Å². The van der Waals surface area contributed by atoms with Crippen LogP contribution in [0, 0.1) is 5.92 Å². The van der Waals surface area contributed by atoms with Crippen LogP contribution in [0.2, 0.25) is 0 Å². The number of aromatic nitrogens is 1. The van der Waals surface area contributed by atoms with E-state index < -0.39 is 6.04 Å². The zero-order valence-corrected chi connectivity index (χ0v) is 14.4. The van der Waals surface area contributed by atoms with Crippen LogP contribution in [-0.2, 0) is 16.1 Å². The molecule has 0 saturated carbocycles. The molecular weight excluding hydrogens is 306 g/mol. The average molecular weight is 333 g/mol. The Morgan fingerprint density at radius 1 is 1.25 bits per heavy atom. The lowest BCUT2D eigenvalue weighted by molar-refractivity contribution is -0.127. The van der Waals surface area contributed by atoms with E-state index in [1.807, 2.05) is 26.0 Å². The first-order chi connectivity index (χ1) is 11.5. The van der Waals surface area contributed by atoms with Gasteiger partial charge in [0, 0.05) is 25.8 Å². The predicted molar refractivity (Wildman–Crippen MR) is 93.4 cm³/mol. The molecule has 7 heteroatoms. The maximum absolute atomic E-state index is 11.8. The number of hydrogen-bond donors (Lipinski definition) is 3. The van der Waals surface area contributed by atoms with Crippen LogP contribution in [0.5, 0.6) is 0 Å². The van der Waals surface area contributed by atoms with Gasteiger partial charge in [0.2, 0.25) is 11.8 Å². The first kappa shape index (κ1) is 18.2. The van der Waals surface area contributed by atoms with Gasteiger partial charge < -0.3 is 21.3 Å². The second-order valence-corrected chi connectivity index (χ2v) is 6.48. The van der Waals surface area contributed by atoms with Gasteiger partial charge in [-0.25, -0.2) is 4.98 Å². The average Bonchev–Trinajstić information content (AvgIpc) is 3.12. The third-order valence-electron chi connectivity index (χ3n) is 4.17. The van der Waals surface area contributed by atoms with E-state index in [1.165, 1.54) is 12.8 Å². The SMILES string of the molecule is CC(C)[C@H](N)C(=O)NCC(=O)NCc1ccc(N2CCCC2)nc1. The monoisotopic (exact) mass is 333 g/mol. The Morgan fingerprint density at radius 2 is 1.96 bits per heavy atom. The summed E-state index contributed by atoms with van der Waals surface area (Å²) in [7, 11) is 0. The lowest BCUT2D eigenvalue weighted by Gasteiger charge is -2.16. The molecular formula is C17H27N5O2. The third-order valence-corrected chi connectivity index (χ3v) is 4.17. The zero-order chi connectivity index (χ0) is 17.5. The molecule has 1 aliphatic heterocycles. The van der Waals surface area contributed by atoms with Crippen LogP contribution < -0.4 is 21.3 Å². The minimum Gasteiger partial charge on any atom is -0.357 e. The van der Waals surface area contributed by atoms with Gasteiger partial charge in [-0.3, -0.25) is 9.59 Å². The molecule has 7 nitrogen and oxygen atoms in total. The summed E-state index contributed by atoms with van der Waals surface area (Å²) >= 11 is 0. The van der Waals surface area contributed by atoms with Gasteiger partial charge in [-0.2, -0.15) is 0 Å². The van der Waals surface area contributed by atoms with Crippen molar-refractivity contribution in [3.05, 3.63) is 23.9 Å². The Balaban J connectivity index is 1.72. The molecule has 0 unspecified atom stereocenters. The number of nitrogens with one attached hydrogen (secondary N) is 2. The van der Waals surface area contributed by atoms with Crippen molar-refractivity contribution in [3.63, 3.8) is 0 Å². The summed E-state index contributed by atoms with van der Waals surface area (Å²) in [6.45, 7) is 6.16. The summed E-state index contributed by atoms with van der Waals surface area (Å²) in [5.41, 5.74) is 6.65. The summed E-state index contributed by atoms with van der Waals surface area (Å²) in [6, 6.07) is 3.35. The van der Waals surface area contributed by atoms with Crippen molar-refractivity contribution in [1.82, 2.24) is 15.6 Å². The highest BCUT2D eigenvalue weighted by molar-refractivity contribution is 5.87. The number of rotatable bonds is 7. The van der Waals surface area contributed by atoms with Crippen molar-refractivity contribution < 1.29 is 9.59 Å². The van der Waals surface area contributed by atoms with Gasteiger partial charge in [0.15, 0.2) is 0 Å². The van der Waals surface area contributed by atoms with Crippen molar-refractivity contribution >= 4 is 17.6 Å².